The van der Waals surface area contributed by atoms with Crippen LogP contribution in [0.25, 0.3) is 0 Å². The molecule has 0 spiro atoms. The Labute approximate surface area is 84.4 Å². The predicted octanol–water partition coefficient (Wildman–Crippen LogP) is 1.21. The Morgan fingerprint density at radius 2 is 2.43 bits per heavy atom. The highest BCUT2D eigenvalue weighted by molar-refractivity contribution is 5.45. The first-order valence-electron chi connectivity index (χ1n) is 5.17. The molecule has 3 heteroatoms. The van der Waals surface area contributed by atoms with Crippen LogP contribution in [0.15, 0.2) is 18.3 Å². The molecule has 1 fully saturated rings. The van der Waals surface area contributed by atoms with Crippen molar-refractivity contribution < 1.29 is 5.11 Å². The number of aromatic nitrogens is 1. The van der Waals surface area contributed by atoms with Gasteiger partial charge in [0.2, 0.25) is 0 Å². The first-order chi connectivity index (χ1) is 6.79. The summed E-state index contributed by atoms with van der Waals surface area (Å²) in [5, 5.41) is 9.40. The molecule has 1 aliphatic rings. The molecule has 1 N–H and O–H groups in total. The van der Waals surface area contributed by atoms with Crippen LogP contribution < -0.4 is 4.90 Å². The summed E-state index contributed by atoms with van der Waals surface area (Å²) in [6.45, 7) is 3.78. The van der Waals surface area contributed by atoms with Gasteiger partial charge in [-0.15, -0.1) is 0 Å². The molecule has 0 aliphatic carbocycles. The second-order valence-corrected chi connectivity index (χ2v) is 3.75. The fourth-order valence-corrected chi connectivity index (χ4v) is 1.79. The van der Waals surface area contributed by atoms with E-state index in [1.165, 1.54) is 0 Å². The van der Waals surface area contributed by atoms with Crippen molar-refractivity contribution in [1.29, 1.82) is 0 Å². The van der Waals surface area contributed by atoms with Crippen molar-refractivity contribution in [3.8, 4) is 0 Å². The largest absolute Gasteiger partial charge is 0.391 e. The molecule has 1 saturated heterocycles. The molecule has 1 aliphatic heterocycles. The molecular weight excluding hydrogens is 176 g/mol. The number of hydrogen-bond donors (Lipinski definition) is 1. The third-order valence-corrected chi connectivity index (χ3v) is 2.70. The highest BCUT2D eigenvalue weighted by atomic mass is 16.3. The van der Waals surface area contributed by atoms with Gasteiger partial charge in [0.25, 0.3) is 0 Å². The van der Waals surface area contributed by atoms with Crippen molar-refractivity contribution in [2.24, 2.45) is 0 Å². The van der Waals surface area contributed by atoms with Crippen LogP contribution in [0.2, 0.25) is 0 Å². The van der Waals surface area contributed by atoms with Gasteiger partial charge in [-0.1, -0.05) is 6.92 Å². The fourth-order valence-electron chi connectivity index (χ4n) is 1.79. The summed E-state index contributed by atoms with van der Waals surface area (Å²) in [4.78, 5) is 6.52. The maximum absolute atomic E-state index is 9.40. The number of β-amino-alcohol motifs (C(OH)–C–C–N with tert-alkyl or cyclic N) is 1. The van der Waals surface area contributed by atoms with E-state index in [2.05, 4.69) is 28.9 Å². The van der Waals surface area contributed by atoms with Gasteiger partial charge in [0.05, 0.1) is 18.0 Å². The molecule has 0 amide bonds. The summed E-state index contributed by atoms with van der Waals surface area (Å²) >= 11 is 0. The number of pyridine rings is 1. The van der Waals surface area contributed by atoms with E-state index in [4.69, 9.17) is 0 Å². The van der Waals surface area contributed by atoms with E-state index >= 15 is 0 Å². The Hall–Kier alpha value is -1.09. The quantitative estimate of drug-likeness (QED) is 0.765. The SMILES string of the molecule is CCc1ccc(N2CC[C@@H](O)C2)cn1. The lowest BCUT2D eigenvalue weighted by atomic mass is 10.3. The molecule has 3 nitrogen and oxygen atoms in total. The van der Waals surface area contributed by atoms with Crippen LogP contribution in [-0.2, 0) is 6.42 Å². The molecule has 0 bridgehead atoms. The van der Waals surface area contributed by atoms with Crippen molar-refractivity contribution in [2.45, 2.75) is 25.9 Å². The lowest BCUT2D eigenvalue weighted by Gasteiger charge is -2.17. The third-order valence-electron chi connectivity index (χ3n) is 2.70. The van der Waals surface area contributed by atoms with Gasteiger partial charge in [0.15, 0.2) is 0 Å². The third kappa shape index (κ3) is 1.87. The van der Waals surface area contributed by atoms with Crippen LogP contribution in [0.4, 0.5) is 5.69 Å². The summed E-state index contributed by atoms with van der Waals surface area (Å²) in [7, 11) is 0. The van der Waals surface area contributed by atoms with E-state index in [1.54, 1.807) is 0 Å². The summed E-state index contributed by atoms with van der Waals surface area (Å²) in [6, 6.07) is 4.14. The first-order valence-corrected chi connectivity index (χ1v) is 5.17. The summed E-state index contributed by atoms with van der Waals surface area (Å²) in [6.07, 6.45) is 3.58. The van der Waals surface area contributed by atoms with Crippen molar-refractivity contribution in [2.75, 3.05) is 18.0 Å². The number of aliphatic hydroxyl groups is 1. The Morgan fingerprint density at radius 1 is 1.57 bits per heavy atom. The second kappa shape index (κ2) is 3.96. The zero-order valence-electron chi connectivity index (χ0n) is 8.48. The Balaban J connectivity index is 2.09. The van der Waals surface area contributed by atoms with Crippen molar-refractivity contribution >= 4 is 5.69 Å². The molecule has 1 aromatic rings. The molecule has 0 unspecified atom stereocenters. The second-order valence-electron chi connectivity index (χ2n) is 3.75. The zero-order chi connectivity index (χ0) is 9.97. The molecule has 2 heterocycles. The first kappa shape index (κ1) is 9.46. The number of aliphatic hydroxyl groups excluding tert-OH is 1. The Morgan fingerprint density at radius 3 is 2.93 bits per heavy atom. The predicted molar refractivity (Wildman–Crippen MR) is 56.5 cm³/mol. The number of rotatable bonds is 2. The van der Waals surface area contributed by atoms with Crippen molar-refractivity contribution in [3.63, 3.8) is 0 Å². The van der Waals surface area contributed by atoms with Gasteiger partial charge in [-0.3, -0.25) is 4.98 Å². The average Bonchev–Trinajstić information content (AvgIpc) is 2.65. The van der Waals surface area contributed by atoms with E-state index in [-0.39, 0.29) is 6.10 Å². The number of anilines is 1. The van der Waals surface area contributed by atoms with Gasteiger partial charge in [-0.05, 0) is 25.0 Å². The molecule has 1 atom stereocenters. The van der Waals surface area contributed by atoms with Crippen molar-refractivity contribution in [3.05, 3.63) is 24.0 Å². The van der Waals surface area contributed by atoms with E-state index in [1.807, 2.05) is 6.20 Å². The van der Waals surface area contributed by atoms with Gasteiger partial charge in [0, 0.05) is 18.8 Å². The summed E-state index contributed by atoms with van der Waals surface area (Å²) in [5.41, 5.74) is 2.24. The molecular formula is C11H16N2O. The van der Waals surface area contributed by atoms with E-state index in [0.717, 1.165) is 37.3 Å². The minimum atomic E-state index is -0.166. The van der Waals surface area contributed by atoms with Crippen LogP contribution >= 0.6 is 0 Å². The summed E-state index contributed by atoms with van der Waals surface area (Å²) in [5.74, 6) is 0. The number of aryl methyl sites for hydroxylation is 1. The van der Waals surface area contributed by atoms with Gasteiger partial charge in [0.1, 0.15) is 0 Å². The molecule has 1 aromatic heterocycles. The topological polar surface area (TPSA) is 36.4 Å². The normalized spacial score (nSPS) is 21.6. The molecule has 0 aromatic carbocycles. The van der Waals surface area contributed by atoms with Crippen LogP contribution in [0.1, 0.15) is 19.0 Å². The highest BCUT2D eigenvalue weighted by Gasteiger charge is 2.20. The lowest BCUT2D eigenvalue weighted by molar-refractivity contribution is 0.198. The highest BCUT2D eigenvalue weighted by Crippen LogP contribution is 2.19. The minimum absolute atomic E-state index is 0.166. The maximum Gasteiger partial charge on any atom is 0.0731 e. The standard InChI is InChI=1S/C11H16N2O/c1-2-9-3-4-10(7-12-9)13-6-5-11(14)8-13/h3-4,7,11,14H,2,5-6,8H2,1H3/t11-/m1/s1. The number of nitrogens with zero attached hydrogens (tertiary/aromatic N) is 2. The lowest BCUT2D eigenvalue weighted by Crippen LogP contribution is -2.21. The average molecular weight is 192 g/mol. The number of hydrogen-bond acceptors (Lipinski definition) is 3. The molecule has 0 radical (unpaired) electrons. The molecule has 14 heavy (non-hydrogen) atoms. The Kier molecular flexibility index (Phi) is 2.68. The van der Waals surface area contributed by atoms with Crippen LogP contribution in [0.3, 0.4) is 0 Å². The van der Waals surface area contributed by atoms with Gasteiger partial charge in [-0.25, -0.2) is 0 Å². The molecule has 0 saturated carbocycles. The van der Waals surface area contributed by atoms with Crippen molar-refractivity contribution in [1.82, 2.24) is 4.98 Å². The Bertz CT molecular complexity index is 297. The molecule has 2 rings (SSSR count). The zero-order valence-corrected chi connectivity index (χ0v) is 8.48. The minimum Gasteiger partial charge on any atom is -0.391 e. The van der Waals surface area contributed by atoms with Gasteiger partial charge in [-0.2, -0.15) is 0 Å². The monoisotopic (exact) mass is 192 g/mol. The van der Waals surface area contributed by atoms with E-state index in [9.17, 15) is 5.11 Å². The van der Waals surface area contributed by atoms with Crippen LogP contribution in [0.5, 0.6) is 0 Å². The maximum atomic E-state index is 9.40. The van der Waals surface area contributed by atoms with Crippen LogP contribution in [-0.4, -0.2) is 29.3 Å². The fraction of sp³-hybridized carbons (Fsp3) is 0.545. The van der Waals surface area contributed by atoms with E-state index < -0.39 is 0 Å². The van der Waals surface area contributed by atoms with Gasteiger partial charge < -0.3 is 10.0 Å². The smallest absolute Gasteiger partial charge is 0.0731 e. The van der Waals surface area contributed by atoms with Crippen LogP contribution in [0, 0.1) is 0 Å². The van der Waals surface area contributed by atoms with E-state index in [0.29, 0.717) is 0 Å². The van der Waals surface area contributed by atoms with Gasteiger partial charge >= 0.3 is 0 Å². The molecule has 76 valence electrons. The summed E-state index contributed by atoms with van der Waals surface area (Å²) < 4.78 is 0.